The number of H-pyrrole nitrogens is 1. The minimum Gasteiger partial charge on any atom is -0.494 e. The zero-order valence-electron chi connectivity index (χ0n) is 14.5. The molecule has 0 saturated heterocycles. The van der Waals surface area contributed by atoms with E-state index in [9.17, 15) is 4.79 Å². The Balaban J connectivity index is 1.73. The molecule has 8 nitrogen and oxygen atoms in total. The third-order valence-corrected chi connectivity index (χ3v) is 4.46. The molecular weight excluding hydrogens is 332 g/mol. The predicted molar refractivity (Wildman–Crippen MR) is 98.7 cm³/mol. The van der Waals surface area contributed by atoms with Crippen LogP contribution < -0.4 is 16.0 Å². The highest BCUT2D eigenvalue weighted by molar-refractivity contribution is 5.75. The molecule has 2 heterocycles. The molecule has 0 atom stereocenters. The number of fused-ring (bicyclic) bond motifs is 2. The van der Waals surface area contributed by atoms with E-state index in [0.29, 0.717) is 23.6 Å². The lowest BCUT2D eigenvalue weighted by molar-refractivity contribution is 0.340. The first-order chi connectivity index (χ1) is 12.7. The fraction of sp³-hybridized carbons (Fsp3) is 0.333. The van der Waals surface area contributed by atoms with Gasteiger partial charge in [-0.3, -0.25) is 9.89 Å². The zero-order chi connectivity index (χ0) is 18.1. The van der Waals surface area contributed by atoms with Crippen molar-refractivity contribution in [3.8, 4) is 5.75 Å². The van der Waals surface area contributed by atoms with Gasteiger partial charge in [0.05, 0.1) is 18.0 Å². The Morgan fingerprint density at radius 3 is 2.77 bits per heavy atom. The van der Waals surface area contributed by atoms with Crippen molar-refractivity contribution in [1.82, 2.24) is 14.6 Å². The van der Waals surface area contributed by atoms with E-state index >= 15 is 0 Å². The van der Waals surface area contributed by atoms with Crippen LogP contribution in [0.2, 0.25) is 0 Å². The van der Waals surface area contributed by atoms with Crippen LogP contribution in [0.3, 0.4) is 0 Å². The van der Waals surface area contributed by atoms with Crippen molar-refractivity contribution in [2.24, 2.45) is 10.2 Å². The number of anilines is 1. The normalized spacial score (nSPS) is 14.0. The van der Waals surface area contributed by atoms with Gasteiger partial charge in [0.1, 0.15) is 11.6 Å². The molecule has 4 rings (SSSR count). The molecular formula is C18H20N6O2. The van der Waals surface area contributed by atoms with Crippen molar-refractivity contribution in [2.75, 3.05) is 12.3 Å². The van der Waals surface area contributed by atoms with Gasteiger partial charge in [0.25, 0.3) is 5.56 Å². The molecule has 1 aromatic carbocycles. The number of nitrogens with one attached hydrogen (secondary N) is 1. The lowest BCUT2D eigenvalue weighted by Crippen LogP contribution is -2.24. The number of aromatic amines is 1. The SMILES string of the molecule is CCOc1ccc(N=Nc2c(N)[nH]n3c(=O)c4c(nc23)CCCC4)cc1. The van der Waals surface area contributed by atoms with E-state index < -0.39 is 0 Å². The van der Waals surface area contributed by atoms with E-state index in [1.807, 2.05) is 19.1 Å². The third-order valence-electron chi connectivity index (χ3n) is 4.46. The number of nitrogens with two attached hydrogens (primary N) is 1. The molecule has 134 valence electrons. The number of rotatable bonds is 4. The first-order valence-electron chi connectivity index (χ1n) is 8.74. The molecule has 0 aliphatic heterocycles. The predicted octanol–water partition coefficient (Wildman–Crippen LogP) is 3.30. The number of aryl methyl sites for hydroxylation is 1. The summed E-state index contributed by atoms with van der Waals surface area (Å²) in [5.74, 6) is 1.05. The van der Waals surface area contributed by atoms with Crippen LogP contribution in [-0.4, -0.2) is 21.2 Å². The fourth-order valence-corrected chi connectivity index (χ4v) is 3.19. The molecule has 1 aliphatic rings. The largest absolute Gasteiger partial charge is 0.494 e. The Bertz CT molecular complexity index is 1030. The third kappa shape index (κ3) is 2.83. The van der Waals surface area contributed by atoms with Crippen molar-refractivity contribution in [1.29, 1.82) is 0 Å². The summed E-state index contributed by atoms with van der Waals surface area (Å²) in [6, 6.07) is 7.27. The van der Waals surface area contributed by atoms with Gasteiger partial charge in [-0.2, -0.15) is 9.63 Å². The second kappa shape index (κ2) is 6.62. The number of hydrogen-bond acceptors (Lipinski definition) is 6. The Morgan fingerprint density at radius 2 is 2.00 bits per heavy atom. The van der Waals surface area contributed by atoms with Gasteiger partial charge in [0.2, 0.25) is 0 Å². The fourth-order valence-electron chi connectivity index (χ4n) is 3.19. The molecule has 3 N–H and O–H groups in total. The highest BCUT2D eigenvalue weighted by Gasteiger charge is 2.20. The number of hydrogen-bond donors (Lipinski definition) is 2. The average Bonchev–Trinajstić information content (AvgIpc) is 2.97. The first-order valence-corrected chi connectivity index (χ1v) is 8.74. The van der Waals surface area contributed by atoms with Gasteiger partial charge >= 0.3 is 0 Å². The molecule has 1 aliphatic carbocycles. The van der Waals surface area contributed by atoms with Crippen molar-refractivity contribution in [3.05, 3.63) is 45.9 Å². The Kier molecular flexibility index (Phi) is 4.16. The van der Waals surface area contributed by atoms with Crippen LogP contribution in [0.5, 0.6) is 5.75 Å². The molecule has 0 amide bonds. The molecule has 0 fully saturated rings. The molecule has 0 spiro atoms. The molecule has 0 bridgehead atoms. The van der Waals surface area contributed by atoms with Crippen LogP contribution in [0.25, 0.3) is 5.65 Å². The van der Waals surface area contributed by atoms with E-state index in [1.165, 1.54) is 4.52 Å². The van der Waals surface area contributed by atoms with E-state index in [1.54, 1.807) is 12.1 Å². The van der Waals surface area contributed by atoms with Gasteiger partial charge in [-0.05, 0) is 56.9 Å². The minimum atomic E-state index is -0.0982. The van der Waals surface area contributed by atoms with Crippen molar-refractivity contribution < 1.29 is 4.74 Å². The summed E-state index contributed by atoms with van der Waals surface area (Å²) in [6.45, 7) is 2.54. The summed E-state index contributed by atoms with van der Waals surface area (Å²) in [4.78, 5) is 17.3. The standard InChI is InChI=1S/C18H20N6O2/c1-2-26-12-9-7-11(8-10-12)21-22-15-16(19)23-24-17(15)20-14-6-4-3-5-13(14)18(24)25/h7-10,23H,2-6,19H2,1H3. The van der Waals surface area contributed by atoms with Crippen molar-refractivity contribution >= 4 is 22.8 Å². The first kappa shape index (κ1) is 16.3. The van der Waals surface area contributed by atoms with E-state index in [2.05, 4.69) is 20.3 Å². The van der Waals surface area contributed by atoms with Gasteiger partial charge in [-0.1, -0.05) is 0 Å². The van der Waals surface area contributed by atoms with Crippen LogP contribution in [-0.2, 0) is 12.8 Å². The summed E-state index contributed by atoms with van der Waals surface area (Å²) < 4.78 is 6.78. The highest BCUT2D eigenvalue weighted by atomic mass is 16.5. The van der Waals surface area contributed by atoms with Crippen molar-refractivity contribution in [3.63, 3.8) is 0 Å². The van der Waals surface area contributed by atoms with Crippen LogP contribution in [0.4, 0.5) is 17.2 Å². The number of nitrogens with zero attached hydrogens (tertiary/aromatic N) is 4. The number of benzene rings is 1. The number of aromatic nitrogens is 3. The molecule has 26 heavy (non-hydrogen) atoms. The van der Waals surface area contributed by atoms with Gasteiger partial charge in [-0.15, -0.1) is 5.11 Å². The Labute approximate surface area is 149 Å². The summed E-state index contributed by atoms with van der Waals surface area (Å²) in [5, 5.41) is 11.3. The van der Waals surface area contributed by atoms with E-state index in [4.69, 9.17) is 10.5 Å². The summed E-state index contributed by atoms with van der Waals surface area (Å²) >= 11 is 0. The number of ether oxygens (including phenoxy) is 1. The van der Waals surface area contributed by atoms with Gasteiger partial charge in [0.15, 0.2) is 11.3 Å². The van der Waals surface area contributed by atoms with Gasteiger partial charge in [0, 0.05) is 5.56 Å². The molecule has 0 unspecified atom stereocenters. The summed E-state index contributed by atoms with van der Waals surface area (Å²) in [7, 11) is 0. The lowest BCUT2D eigenvalue weighted by Gasteiger charge is -2.13. The summed E-state index contributed by atoms with van der Waals surface area (Å²) in [6.07, 6.45) is 3.61. The van der Waals surface area contributed by atoms with E-state index in [-0.39, 0.29) is 11.4 Å². The zero-order valence-corrected chi connectivity index (χ0v) is 14.5. The monoisotopic (exact) mass is 352 g/mol. The average molecular weight is 352 g/mol. The molecule has 0 radical (unpaired) electrons. The van der Waals surface area contributed by atoms with E-state index in [0.717, 1.165) is 42.7 Å². The quantitative estimate of drug-likeness (QED) is 0.702. The second-order valence-corrected chi connectivity index (χ2v) is 6.21. The maximum atomic E-state index is 12.7. The van der Waals surface area contributed by atoms with Gasteiger partial charge in [-0.25, -0.2) is 4.98 Å². The Hall–Kier alpha value is -3.16. The number of azo groups is 1. The van der Waals surface area contributed by atoms with Crippen LogP contribution in [0.1, 0.15) is 31.0 Å². The summed E-state index contributed by atoms with van der Waals surface area (Å²) in [5.41, 5.74) is 8.99. The smallest absolute Gasteiger partial charge is 0.276 e. The highest BCUT2D eigenvalue weighted by Crippen LogP contribution is 2.29. The maximum absolute atomic E-state index is 12.7. The molecule has 2 aromatic heterocycles. The van der Waals surface area contributed by atoms with Gasteiger partial charge < -0.3 is 10.5 Å². The van der Waals surface area contributed by atoms with Crippen LogP contribution >= 0.6 is 0 Å². The maximum Gasteiger partial charge on any atom is 0.276 e. The Morgan fingerprint density at radius 1 is 1.23 bits per heavy atom. The molecule has 8 heteroatoms. The second-order valence-electron chi connectivity index (χ2n) is 6.21. The molecule has 0 saturated carbocycles. The number of nitrogen functional groups attached to an aromatic ring is 1. The molecule has 3 aromatic rings. The van der Waals surface area contributed by atoms with Crippen LogP contribution in [0.15, 0.2) is 39.3 Å². The lowest BCUT2D eigenvalue weighted by atomic mass is 9.97. The minimum absolute atomic E-state index is 0.0982. The topological polar surface area (TPSA) is 110 Å². The van der Waals surface area contributed by atoms with Crippen LogP contribution in [0, 0.1) is 0 Å². The van der Waals surface area contributed by atoms with Crippen molar-refractivity contribution in [2.45, 2.75) is 32.6 Å².